The Kier molecular flexibility index (Phi) is 3.24. The van der Waals surface area contributed by atoms with E-state index < -0.39 is 11.6 Å². The zero-order valence-electron chi connectivity index (χ0n) is 12.1. The normalized spacial score (nSPS) is 29.1. The van der Waals surface area contributed by atoms with Gasteiger partial charge >= 0.3 is 0 Å². The molecular formula is C16H21F2N3. The fourth-order valence-electron chi connectivity index (χ4n) is 4.29. The van der Waals surface area contributed by atoms with Crippen molar-refractivity contribution in [2.45, 2.75) is 25.3 Å². The Bertz CT molecular complexity index is 522. The molecule has 3 heterocycles. The highest BCUT2D eigenvalue weighted by Crippen LogP contribution is 2.45. The van der Waals surface area contributed by atoms with Gasteiger partial charge in [-0.15, -0.1) is 0 Å². The number of nitrogens with zero attached hydrogens (tertiary/aromatic N) is 2. The zero-order chi connectivity index (χ0) is 14.4. The van der Waals surface area contributed by atoms with Crippen molar-refractivity contribution in [1.29, 1.82) is 0 Å². The molecule has 5 heteroatoms. The van der Waals surface area contributed by atoms with E-state index in [9.17, 15) is 8.78 Å². The largest absolute Gasteiger partial charge is 0.317 e. The van der Waals surface area contributed by atoms with E-state index in [4.69, 9.17) is 0 Å². The van der Waals surface area contributed by atoms with Crippen molar-refractivity contribution < 1.29 is 8.78 Å². The van der Waals surface area contributed by atoms with Gasteiger partial charge in [-0.05, 0) is 50.0 Å². The molecule has 0 aromatic heterocycles. The van der Waals surface area contributed by atoms with Crippen LogP contribution in [0.2, 0.25) is 0 Å². The molecule has 3 saturated heterocycles. The molecule has 0 saturated carbocycles. The average Bonchev–Trinajstić information content (AvgIpc) is 2.95. The van der Waals surface area contributed by atoms with Gasteiger partial charge in [-0.1, -0.05) is 0 Å². The maximum atomic E-state index is 13.5. The molecule has 0 amide bonds. The molecule has 3 fully saturated rings. The standard InChI is InChI=1S/C16H21F2N3/c17-13-7-12(8-14(18)9-13)15-1-6-20-10-16(11-21(15)20)2-4-19-5-3-16/h7-9,15,19H,1-6,10-11H2/t15-/m1/s1. The molecule has 3 aliphatic rings. The van der Waals surface area contributed by atoms with E-state index in [1.807, 2.05) is 0 Å². The van der Waals surface area contributed by atoms with Gasteiger partial charge in [0, 0.05) is 31.1 Å². The van der Waals surface area contributed by atoms with E-state index in [1.165, 1.54) is 25.0 Å². The number of hydrogen-bond acceptors (Lipinski definition) is 3. The number of benzene rings is 1. The Labute approximate surface area is 123 Å². The molecule has 1 aromatic carbocycles. The first kappa shape index (κ1) is 13.6. The van der Waals surface area contributed by atoms with Gasteiger partial charge in [0.25, 0.3) is 0 Å². The minimum absolute atomic E-state index is 0.129. The molecule has 4 rings (SSSR count). The molecule has 3 aliphatic heterocycles. The molecule has 0 bridgehead atoms. The quantitative estimate of drug-likeness (QED) is 0.857. The number of fused-ring (bicyclic) bond motifs is 1. The Morgan fingerprint density at radius 2 is 1.76 bits per heavy atom. The van der Waals surface area contributed by atoms with Crippen molar-refractivity contribution >= 4 is 0 Å². The minimum Gasteiger partial charge on any atom is -0.317 e. The van der Waals surface area contributed by atoms with Gasteiger partial charge < -0.3 is 5.32 Å². The second-order valence-electron chi connectivity index (χ2n) is 6.74. The van der Waals surface area contributed by atoms with Crippen LogP contribution in [0.15, 0.2) is 18.2 Å². The molecule has 1 N–H and O–H groups in total. The SMILES string of the molecule is Fc1cc(F)cc([C@H]2CCN3CC4(CCNCC4)CN23)c1. The Morgan fingerprint density at radius 1 is 1.05 bits per heavy atom. The van der Waals surface area contributed by atoms with Gasteiger partial charge in [-0.3, -0.25) is 0 Å². The summed E-state index contributed by atoms with van der Waals surface area (Å²) in [5.41, 5.74) is 1.15. The first-order valence-corrected chi connectivity index (χ1v) is 7.84. The highest BCUT2D eigenvalue weighted by molar-refractivity contribution is 5.23. The van der Waals surface area contributed by atoms with Gasteiger partial charge in [0.1, 0.15) is 11.6 Å². The number of piperidine rings is 1. The maximum absolute atomic E-state index is 13.5. The molecule has 0 unspecified atom stereocenters. The predicted molar refractivity (Wildman–Crippen MR) is 76.5 cm³/mol. The lowest BCUT2D eigenvalue weighted by Gasteiger charge is -2.34. The van der Waals surface area contributed by atoms with Crippen molar-refractivity contribution in [2.24, 2.45) is 5.41 Å². The van der Waals surface area contributed by atoms with Gasteiger partial charge in [0.15, 0.2) is 0 Å². The molecule has 1 aromatic rings. The lowest BCUT2D eigenvalue weighted by Crippen LogP contribution is -2.40. The van der Waals surface area contributed by atoms with Gasteiger partial charge in [-0.25, -0.2) is 18.8 Å². The fraction of sp³-hybridized carbons (Fsp3) is 0.625. The van der Waals surface area contributed by atoms with Crippen LogP contribution in [0.3, 0.4) is 0 Å². The van der Waals surface area contributed by atoms with Crippen molar-refractivity contribution in [1.82, 2.24) is 15.3 Å². The summed E-state index contributed by atoms with van der Waals surface area (Å²) in [7, 11) is 0. The maximum Gasteiger partial charge on any atom is 0.126 e. The average molecular weight is 293 g/mol. The molecule has 21 heavy (non-hydrogen) atoms. The number of rotatable bonds is 1. The second kappa shape index (κ2) is 5.00. The number of nitrogens with one attached hydrogen (secondary N) is 1. The van der Waals surface area contributed by atoms with Crippen LogP contribution in [0, 0.1) is 17.0 Å². The van der Waals surface area contributed by atoms with Crippen molar-refractivity contribution in [2.75, 3.05) is 32.7 Å². The summed E-state index contributed by atoms with van der Waals surface area (Å²) in [4.78, 5) is 0. The number of halogens is 2. The highest BCUT2D eigenvalue weighted by Gasteiger charge is 2.48. The Morgan fingerprint density at radius 3 is 2.48 bits per heavy atom. The van der Waals surface area contributed by atoms with Crippen LogP contribution in [0.4, 0.5) is 8.78 Å². The van der Waals surface area contributed by atoms with Crippen LogP contribution < -0.4 is 5.32 Å². The monoisotopic (exact) mass is 293 g/mol. The Balaban J connectivity index is 1.58. The van der Waals surface area contributed by atoms with Crippen LogP contribution in [-0.2, 0) is 0 Å². The third kappa shape index (κ3) is 2.37. The first-order valence-electron chi connectivity index (χ1n) is 7.84. The first-order chi connectivity index (χ1) is 10.2. The highest BCUT2D eigenvalue weighted by atomic mass is 19.1. The summed E-state index contributed by atoms with van der Waals surface area (Å²) in [5, 5.41) is 8.19. The van der Waals surface area contributed by atoms with Crippen molar-refractivity contribution in [3.63, 3.8) is 0 Å². The molecular weight excluding hydrogens is 272 g/mol. The van der Waals surface area contributed by atoms with Crippen LogP contribution in [0.1, 0.15) is 30.9 Å². The van der Waals surface area contributed by atoms with Gasteiger partial charge in [0.2, 0.25) is 0 Å². The van der Waals surface area contributed by atoms with Crippen LogP contribution in [-0.4, -0.2) is 42.7 Å². The topological polar surface area (TPSA) is 18.5 Å². The summed E-state index contributed by atoms with van der Waals surface area (Å²) in [6.45, 7) is 5.29. The fourth-order valence-corrected chi connectivity index (χ4v) is 4.29. The predicted octanol–water partition coefficient (Wildman–Crippen LogP) is 2.31. The van der Waals surface area contributed by atoms with E-state index in [1.54, 1.807) is 0 Å². The summed E-state index contributed by atoms with van der Waals surface area (Å²) in [6.07, 6.45) is 3.35. The van der Waals surface area contributed by atoms with Gasteiger partial charge in [0.05, 0.1) is 6.04 Å². The number of hydrogen-bond donors (Lipinski definition) is 1. The second-order valence-corrected chi connectivity index (χ2v) is 6.74. The lowest BCUT2D eigenvalue weighted by atomic mass is 9.79. The zero-order valence-corrected chi connectivity index (χ0v) is 12.1. The van der Waals surface area contributed by atoms with E-state index in [-0.39, 0.29) is 6.04 Å². The van der Waals surface area contributed by atoms with E-state index in [0.29, 0.717) is 5.41 Å². The molecule has 114 valence electrons. The molecule has 0 aliphatic carbocycles. The third-order valence-corrected chi connectivity index (χ3v) is 5.33. The van der Waals surface area contributed by atoms with Crippen molar-refractivity contribution in [3.05, 3.63) is 35.4 Å². The molecule has 0 radical (unpaired) electrons. The van der Waals surface area contributed by atoms with Crippen LogP contribution in [0.5, 0.6) is 0 Å². The van der Waals surface area contributed by atoms with E-state index in [2.05, 4.69) is 15.3 Å². The Hall–Kier alpha value is -1.04. The van der Waals surface area contributed by atoms with Crippen LogP contribution >= 0.6 is 0 Å². The summed E-state index contributed by atoms with van der Waals surface area (Å²) >= 11 is 0. The molecule has 3 nitrogen and oxygen atoms in total. The van der Waals surface area contributed by atoms with E-state index >= 15 is 0 Å². The number of hydrazine groups is 1. The van der Waals surface area contributed by atoms with Crippen LogP contribution in [0.25, 0.3) is 0 Å². The van der Waals surface area contributed by atoms with Crippen molar-refractivity contribution in [3.8, 4) is 0 Å². The van der Waals surface area contributed by atoms with E-state index in [0.717, 1.165) is 50.8 Å². The third-order valence-electron chi connectivity index (χ3n) is 5.33. The van der Waals surface area contributed by atoms with Gasteiger partial charge in [-0.2, -0.15) is 0 Å². The lowest BCUT2D eigenvalue weighted by molar-refractivity contribution is 0.0521. The summed E-state index contributed by atoms with van der Waals surface area (Å²) in [5.74, 6) is -0.946. The smallest absolute Gasteiger partial charge is 0.126 e. The minimum atomic E-state index is -0.473. The molecule has 1 atom stereocenters. The summed E-state index contributed by atoms with van der Waals surface area (Å²) in [6, 6.07) is 4.06. The molecule has 1 spiro atoms. The summed E-state index contributed by atoms with van der Waals surface area (Å²) < 4.78 is 27.0.